The van der Waals surface area contributed by atoms with Crippen molar-refractivity contribution in [1.82, 2.24) is 9.88 Å². The van der Waals surface area contributed by atoms with Crippen LogP contribution in [0.25, 0.3) is 10.9 Å². The van der Waals surface area contributed by atoms with Gasteiger partial charge in [0.25, 0.3) is 0 Å². The smallest absolute Gasteiger partial charge is 0.308 e. The van der Waals surface area contributed by atoms with E-state index in [1.165, 1.54) is 5.56 Å². The number of nitrogens with zero attached hydrogens (tertiary/aromatic N) is 2. The summed E-state index contributed by atoms with van der Waals surface area (Å²) in [5.74, 6) is -0.567. The van der Waals surface area contributed by atoms with Crippen LogP contribution >= 0.6 is 0 Å². The minimum atomic E-state index is -1.17. The summed E-state index contributed by atoms with van der Waals surface area (Å²) in [4.78, 5) is 18.6. The number of methoxy groups -OCH3 is 1. The number of carboxylic acid groups (broad SMARTS) is 1. The van der Waals surface area contributed by atoms with E-state index in [0.29, 0.717) is 30.7 Å². The molecule has 6 heteroatoms. The van der Waals surface area contributed by atoms with Crippen LogP contribution in [0.5, 0.6) is 5.75 Å². The predicted molar refractivity (Wildman–Crippen MR) is 132 cm³/mol. The molecule has 3 atom stereocenters. The third kappa shape index (κ3) is 5.92. The molecule has 1 saturated heterocycles. The Morgan fingerprint density at radius 1 is 1.24 bits per heavy atom. The molecule has 1 aromatic heterocycles. The first-order valence-electron chi connectivity index (χ1n) is 12.1. The van der Waals surface area contributed by atoms with Crippen LogP contribution in [-0.2, 0) is 11.2 Å². The average Bonchev–Trinajstić information content (AvgIpc) is 2.87. The summed E-state index contributed by atoms with van der Waals surface area (Å²) in [7, 11) is 1.59. The fraction of sp³-hybridized carbons (Fsp3) is 0.429. The van der Waals surface area contributed by atoms with E-state index in [1.807, 2.05) is 36.4 Å². The number of halogens is 1. The van der Waals surface area contributed by atoms with Gasteiger partial charge in [0.05, 0.1) is 18.5 Å². The van der Waals surface area contributed by atoms with E-state index in [-0.39, 0.29) is 5.92 Å². The van der Waals surface area contributed by atoms with E-state index in [9.17, 15) is 9.90 Å². The van der Waals surface area contributed by atoms with Gasteiger partial charge in [-0.3, -0.25) is 9.78 Å². The number of hydrogen-bond acceptors (Lipinski definition) is 4. The van der Waals surface area contributed by atoms with Crippen molar-refractivity contribution in [3.63, 3.8) is 0 Å². The first-order chi connectivity index (χ1) is 16.5. The van der Waals surface area contributed by atoms with Crippen molar-refractivity contribution in [1.29, 1.82) is 0 Å². The average molecular weight is 465 g/mol. The van der Waals surface area contributed by atoms with Gasteiger partial charge in [-0.2, -0.15) is 0 Å². The van der Waals surface area contributed by atoms with Crippen molar-refractivity contribution in [2.75, 3.05) is 26.7 Å². The topological polar surface area (TPSA) is 62.7 Å². The highest BCUT2D eigenvalue weighted by molar-refractivity contribution is 5.83. The van der Waals surface area contributed by atoms with E-state index in [1.54, 1.807) is 19.4 Å². The molecule has 1 aliphatic heterocycles. The fourth-order valence-electron chi connectivity index (χ4n) is 5.11. The summed E-state index contributed by atoms with van der Waals surface area (Å²) in [6, 6.07) is 17.5. The van der Waals surface area contributed by atoms with Crippen LogP contribution < -0.4 is 4.74 Å². The third-order valence-corrected chi connectivity index (χ3v) is 7.05. The lowest BCUT2D eigenvalue weighted by Gasteiger charge is -2.37. The lowest BCUT2D eigenvalue weighted by Crippen LogP contribution is -2.44. The second-order valence-corrected chi connectivity index (χ2v) is 9.21. The summed E-state index contributed by atoms with van der Waals surface area (Å²) >= 11 is 0. The molecule has 180 valence electrons. The lowest BCUT2D eigenvalue weighted by atomic mass is 9.81. The molecule has 34 heavy (non-hydrogen) atoms. The van der Waals surface area contributed by atoms with Gasteiger partial charge < -0.3 is 14.7 Å². The monoisotopic (exact) mass is 464 g/mol. The van der Waals surface area contributed by atoms with Gasteiger partial charge in [0.2, 0.25) is 0 Å². The number of carboxylic acids is 1. The minimum absolute atomic E-state index is 0.0104. The van der Waals surface area contributed by atoms with Crippen molar-refractivity contribution in [2.45, 2.75) is 38.3 Å². The first kappa shape index (κ1) is 24.1. The number of carbonyl (C=O) groups is 1. The van der Waals surface area contributed by atoms with E-state index >= 15 is 4.39 Å². The molecule has 3 aromatic rings. The number of ether oxygens (including phenoxy) is 1. The minimum Gasteiger partial charge on any atom is -0.497 e. The van der Waals surface area contributed by atoms with Crippen LogP contribution in [0.15, 0.2) is 60.8 Å². The van der Waals surface area contributed by atoms with Gasteiger partial charge in [0.1, 0.15) is 11.9 Å². The molecule has 1 N–H and O–H groups in total. The Morgan fingerprint density at radius 2 is 2.06 bits per heavy atom. The van der Waals surface area contributed by atoms with Crippen molar-refractivity contribution < 1.29 is 19.0 Å². The van der Waals surface area contributed by atoms with Crippen LogP contribution in [-0.4, -0.2) is 47.7 Å². The van der Waals surface area contributed by atoms with Gasteiger partial charge in [-0.05, 0) is 86.5 Å². The van der Waals surface area contributed by atoms with Gasteiger partial charge in [0.15, 0.2) is 0 Å². The summed E-state index contributed by atoms with van der Waals surface area (Å²) in [5, 5.41) is 10.6. The van der Waals surface area contributed by atoms with Crippen molar-refractivity contribution in [2.24, 2.45) is 11.8 Å². The van der Waals surface area contributed by atoms with Crippen LogP contribution in [0, 0.1) is 11.8 Å². The highest BCUT2D eigenvalue weighted by Crippen LogP contribution is 2.35. The number of aromatic nitrogens is 1. The van der Waals surface area contributed by atoms with Crippen molar-refractivity contribution in [3.8, 4) is 5.75 Å². The summed E-state index contributed by atoms with van der Waals surface area (Å²) in [6.45, 7) is 2.30. The fourth-order valence-corrected chi connectivity index (χ4v) is 5.11. The summed E-state index contributed by atoms with van der Waals surface area (Å²) in [5.41, 5.74) is 2.63. The molecule has 5 nitrogen and oxygen atoms in total. The molecule has 0 bridgehead atoms. The van der Waals surface area contributed by atoms with E-state index in [0.717, 1.165) is 43.3 Å². The van der Waals surface area contributed by atoms with Crippen LogP contribution in [0.4, 0.5) is 4.39 Å². The Hall–Kier alpha value is -2.99. The molecule has 0 aliphatic carbocycles. The second-order valence-electron chi connectivity index (χ2n) is 9.21. The number of aryl methyl sites for hydroxylation is 1. The van der Waals surface area contributed by atoms with Crippen LogP contribution in [0.3, 0.4) is 0 Å². The van der Waals surface area contributed by atoms with Gasteiger partial charge >= 0.3 is 5.97 Å². The molecule has 4 rings (SSSR count). The maximum absolute atomic E-state index is 15.4. The lowest BCUT2D eigenvalue weighted by molar-refractivity contribution is -0.146. The number of pyridine rings is 1. The molecule has 1 fully saturated rings. The molecule has 2 heterocycles. The largest absolute Gasteiger partial charge is 0.497 e. The Bertz CT molecular complexity index is 1090. The van der Waals surface area contributed by atoms with Crippen molar-refractivity contribution in [3.05, 3.63) is 71.9 Å². The Labute approximate surface area is 200 Å². The maximum atomic E-state index is 15.4. The van der Waals surface area contributed by atoms with Crippen LogP contribution in [0.1, 0.15) is 43.0 Å². The second kappa shape index (κ2) is 11.4. The Kier molecular flexibility index (Phi) is 8.12. The van der Waals surface area contributed by atoms with Crippen LogP contribution in [0.2, 0.25) is 0 Å². The zero-order valence-corrected chi connectivity index (χ0v) is 19.7. The van der Waals surface area contributed by atoms with E-state index < -0.39 is 18.1 Å². The van der Waals surface area contributed by atoms with Crippen molar-refractivity contribution >= 4 is 16.9 Å². The number of likely N-dealkylation sites (tertiary alicyclic amines) is 1. The van der Waals surface area contributed by atoms with E-state index in [4.69, 9.17) is 4.74 Å². The summed E-state index contributed by atoms with van der Waals surface area (Å²) in [6.07, 6.45) is 4.11. The SMILES string of the molecule is COc1ccc2nccc([C@@H](F)CC[C@@H]3CCN(CCCc4ccccc4)C[C@@H]3C(=O)O)c2c1. The van der Waals surface area contributed by atoms with Gasteiger partial charge in [-0.1, -0.05) is 30.3 Å². The van der Waals surface area contributed by atoms with Gasteiger partial charge in [0, 0.05) is 18.1 Å². The molecular weight excluding hydrogens is 431 g/mol. The molecule has 0 radical (unpaired) electrons. The highest BCUT2D eigenvalue weighted by atomic mass is 19.1. The number of hydrogen-bond donors (Lipinski definition) is 1. The molecule has 0 unspecified atom stereocenters. The number of benzene rings is 2. The number of alkyl halides is 1. The quantitative estimate of drug-likeness (QED) is 0.418. The highest BCUT2D eigenvalue weighted by Gasteiger charge is 2.34. The normalized spacial score (nSPS) is 19.7. The van der Waals surface area contributed by atoms with Gasteiger partial charge in [-0.25, -0.2) is 4.39 Å². The molecule has 0 saturated carbocycles. The maximum Gasteiger partial charge on any atom is 0.308 e. The first-order valence-corrected chi connectivity index (χ1v) is 12.1. The third-order valence-electron chi connectivity index (χ3n) is 7.05. The molecule has 0 amide bonds. The van der Waals surface area contributed by atoms with E-state index in [2.05, 4.69) is 22.0 Å². The molecule has 1 aliphatic rings. The number of rotatable bonds is 10. The summed E-state index contributed by atoms with van der Waals surface area (Å²) < 4.78 is 20.7. The number of fused-ring (bicyclic) bond motifs is 1. The zero-order chi connectivity index (χ0) is 23.9. The van der Waals surface area contributed by atoms with Gasteiger partial charge in [-0.15, -0.1) is 0 Å². The zero-order valence-electron chi connectivity index (χ0n) is 19.7. The molecule has 0 spiro atoms. The number of aliphatic carboxylic acids is 1. The Morgan fingerprint density at radius 3 is 2.82 bits per heavy atom. The standard InChI is InChI=1S/C28H33FN2O3/c1-34-22-10-12-27-24(18-22)23(13-15-30-27)26(29)11-9-21-14-17-31(19-25(21)28(32)33)16-5-8-20-6-3-2-4-7-20/h2-4,6-7,10,12-13,15,18,21,25-26H,5,8-9,11,14,16-17,19H2,1H3,(H,32,33)/t21-,25+,26+/m1/s1. The number of piperidine rings is 1. The predicted octanol–water partition coefficient (Wildman–Crippen LogP) is 5.69. The molecular formula is C28H33FN2O3. The Balaban J connectivity index is 1.34. The molecule has 2 aromatic carbocycles.